The summed E-state index contributed by atoms with van der Waals surface area (Å²) in [6.45, 7) is 7.09. The van der Waals surface area contributed by atoms with Crippen LogP contribution in [0.1, 0.15) is 33.6 Å². The van der Waals surface area contributed by atoms with Crippen LogP contribution in [0.4, 0.5) is 0 Å². The van der Waals surface area contributed by atoms with Gasteiger partial charge in [0, 0.05) is 12.3 Å². The summed E-state index contributed by atoms with van der Waals surface area (Å²) in [4.78, 5) is 4.27. The highest BCUT2D eigenvalue weighted by Crippen LogP contribution is 2.01. The Labute approximate surface area is 69.3 Å². The van der Waals surface area contributed by atoms with Gasteiger partial charge < -0.3 is 0 Å². The van der Waals surface area contributed by atoms with Crippen molar-refractivity contribution < 1.29 is 5.11 Å². The van der Waals surface area contributed by atoms with Crippen molar-refractivity contribution in [3.05, 3.63) is 0 Å². The van der Waals surface area contributed by atoms with Gasteiger partial charge in [-0.3, -0.25) is 4.99 Å². The maximum absolute atomic E-state index is 10.1. The Hall–Kier alpha value is -0.370. The zero-order chi connectivity index (χ0) is 8.69. The van der Waals surface area contributed by atoms with E-state index < -0.39 is 0 Å². The van der Waals surface area contributed by atoms with Crippen LogP contribution in [0.15, 0.2) is 4.99 Å². The van der Waals surface area contributed by atoms with Crippen molar-refractivity contribution in [1.29, 1.82) is 0 Å². The smallest absolute Gasteiger partial charge is 0.0840 e. The molecule has 0 spiro atoms. The van der Waals surface area contributed by atoms with Gasteiger partial charge in [0.1, 0.15) is 0 Å². The molecule has 0 aliphatic rings. The first-order valence-electron chi connectivity index (χ1n) is 4.25. The average molecular weight is 156 g/mol. The SMILES string of the molecule is CC(CC(C)C)=NCCC[O]. The van der Waals surface area contributed by atoms with Gasteiger partial charge in [-0.25, -0.2) is 5.11 Å². The number of hydrogen-bond acceptors (Lipinski definition) is 1. The Bertz CT molecular complexity index is 119. The van der Waals surface area contributed by atoms with Crippen molar-refractivity contribution in [3.8, 4) is 0 Å². The Kier molecular flexibility index (Phi) is 6.13. The van der Waals surface area contributed by atoms with Crippen LogP contribution in [-0.4, -0.2) is 18.9 Å². The van der Waals surface area contributed by atoms with E-state index in [0.717, 1.165) is 6.42 Å². The highest BCUT2D eigenvalue weighted by atomic mass is 16.2. The number of rotatable bonds is 5. The lowest BCUT2D eigenvalue weighted by atomic mass is 10.1. The Morgan fingerprint density at radius 2 is 2.09 bits per heavy atom. The Morgan fingerprint density at radius 3 is 2.55 bits per heavy atom. The quantitative estimate of drug-likeness (QED) is 0.432. The zero-order valence-electron chi connectivity index (χ0n) is 7.76. The first-order valence-corrected chi connectivity index (χ1v) is 4.25. The van der Waals surface area contributed by atoms with E-state index in [9.17, 15) is 5.11 Å². The molecule has 65 valence electrons. The predicted molar refractivity (Wildman–Crippen MR) is 47.6 cm³/mol. The largest absolute Gasteiger partial charge is 0.294 e. The minimum absolute atomic E-state index is 0.00153. The molecular formula is C9H18NO. The van der Waals surface area contributed by atoms with Gasteiger partial charge in [0.15, 0.2) is 0 Å². The van der Waals surface area contributed by atoms with Gasteiger partial charge in [0.05, 0.1) is 6.61 Å². The fourth-order valence-electron chi connectivity index (χ4n) is 0.990. The van der Waals surface area contributed by atoms with Crippen LogP contribution in [0, 0.1) is 5.92 Å². The van der Waals surface area contributed by atoms with Gasteiger partial charge in [0.2, 0.25) is 0 Å². The first-order chi connectivity index (χ1) is 5.16. The van der Waals surface area contributed by atoms with Gasteiger partial charge in [-0.15, -0.1) is 0 Å². The molecule has 0 saturated carbocycles. The minimum atomic E-state index is -0.00153. The lowest BCUT2D eigenvalue weighted by Gasteiger charge is -2.02. The van der Waals surface area contributed by atoms with Gasteiger partial charge in [0.25, 0.3) is 0 Å². The van der Waals surface area contributed by atoms with Crippen LogP contribution in [-0.2, 0) is 5.11 Å². The molecular weight excluding hydrogens is 138 g/mol. The van der Waals surface area contributed by atoms with E-state index >= 15 is 0 Å². The number of hydrogen-bond donors (Lipinski definition) is 0. The maximum Gasteiger partial charge on any atom is 0.0840 e. The third kappa shape index (κ3) is 7.53. The molecule has 0 rings (SSSR count). The van der Waals surface area contributed by atoms with Crippen LogP contribution >= 0.6 is 0 Å². The molecule has 0 aromatic heterocycles. The highest BCUT2D eigenvalue weighted by molar-refractivity contribution is 5.81. The van der Waals surface area contributed by atoms with E-state index in [4.69, 9.17) is 0 Å². The Balaban J connectivity index is 3.46. The molecule has 2 heteroatoms. The molecule has 0 amide bonds. The molecule has 0 aromatic rings. The van der Waals surface area contributed by atoms with E-state index in [1.54, 1.807) is 0 Å². The van der Waals surface area contributed by atoms with Crippen molar-refractivity contribution in [3.63, 3.8) is 0 Å². The molecule has 2 nitrogen and oxygen atoms in total. The number of aliphatic imine (C=N–C) groups is 1. The fraction of sp³-hybridized carbons (Fsp3) is 0.889. The van der Waals surface area contributed by atoms with E-state index in [2.05, 4.69) is 18.8 Å². The van der Waals surface area contributed by atoms with Crippen molar-refractivity contribution in [1.82, 2.24) is 0 Å². The van der Waals surface area contributed by atoms with Crippen LogP contribution in [0.3, 0.4) is 0 Å². The summed E-state index contributed by atoms with van der Waals surface area (Å²) in [7, 11) is 0. The molecule has 0 atom stereocenters. The van der Waals surface area contributed by atoms with Crippen LogP contribution in [0.2, 0.25) is 0 Å². The standard InChI is InChI=1S/C9H18NO/c1-8(2)7-9(3)10-5-4-6-11/h8H,4-7H2,1-3H3. The maximum atomic E-state index is 10.1. The Morgan fingerprint density at radius 1 is 1.45 bits per heavy atom. The second-order valence-corrected chi connectivity index (χ2v) is 3.27. The van der Waals surface area contributed by atoms with E-state index in [1.807, 2.05) is 6.92 Å². The summed E-state index contributed by atoms with van der Waals surface area (Å²) in [6.07, 6.45) is 1.73. The summed E-state index contributed by atoms with van der Waals surface area (Å²) in [5, 5.41) is 10.1. The summed E-state index contributed by atoms with van der Waals surface area (Å²) >= 11 is 0. The molecule has 0 aliphatic carbocycles. The lowest BCUT2D eigenvalue weighted by molar-refractivity contribution is 0.191. The van der Waals surface area contributed by atoms with Gasteiger partial charge in [-0.05, 0) is 25.7 Å². The minimum Gasteiger partial charge on any atom is -0.294 e. The third-order valence-corrected chi connectivity index (χ3v) is 1.39. The van der Waals surface area contributed by atoms with Crippen LogP contribution < -0.4 is 0 Å². The van der Waals surface area contributed by atoms with Gasteiger partial charge in [-0.2, -0.15) is 0 Å². The second kappa shape index (κ2) is 6.35. The number of nitrogens with zero attached hydrogens (tertiary/aromatic N) is 1. The molecule has 0 fully saturated rings. The lowest BCUT2D eigenvalue weighted by Crippen LogP contribution is -1.99. The van der Waals surface area contributed by atoms with Crippen molar-refractivity contribution in [2.45, 2.75) is 33.6 Å². The highest BCUT2D eigenvalue weighted by Gasteiger charge is 1.95. The monoisotopic (exact) mass is 156 g/mol. The van der Waals surface area contributed by atoms with Gasteiger partial charge >= 0.3 is 0 Å². The van der Waals surface area contributed by atoms with E-state index in [-0.39, 0.29) is 6.61 Å². The van der Waals surface area contributed by atoms with Crippen LogP contribution in [0.5, 0.6) is 0 Å². The predicted octanol–water partition coefficient (Wildman–Crippen LogP) is 2.31. The van der Waals surface area contributed by atoms with Crippen LogP contribution in [0.25, 0.3) is 0 Å². The second-order valence-electron chi connectivity index (χ2n) is 3.27. The topological polar surface area (TPSA) is 32.3 Å². The van der Waals surface area contributed by atoms with Crippen molar-refractivity contribution in [2.24, 2.45) is 10.9 Å². The molecule has 11 heavy (non-hydrogen) atoms. The fourth-order valence-corrected chi connectivity index (χ4v) is 0.990. The summed E-state index contributed by atoms with van der Waals surface area (Å²) in [5.74, 6) is 0.672. The average Bonchev–Trinajstić information content (AvgIpc) is 1.86. The van der Waals surface area contributed by atoms with Crippen molar-refractivity contribution in [2.75, 3.05) is 13.2 Å². The normalized spacial score (nSPS) is 12.6. The van der Waals surface area contributed by atoms with E-state index in [0.29, 0.717) is 18.9 Å². The summed E-state index contributed by atoms with van der Waals surface area (Å²) < 4.78 is 0. The van der Waals surface area contributed by atoms with E-state index in [1.165, 1.54) is 5.71 Å². The van der Waals surface area contributed by atoms with Gasteiger partial charge in [-0.1, -0.05) is 13.8 Å². The molecule has 0 heterocycles. The molecule has 0 N–H and O–H groups in total. The molecule has 0 aromatic carbocycles. The van der Waals surface area contributed by atoms with Crippen molar-refractivity contribution >= 4 is 5.71 Å². The molecule has 0 bridgehead atoms. The summed E-state index contributed by atoms with van der Waals surface area (Å²) in [5.41, 5.74) is 1.17. The molecule has 0 aliphatic heterocycles. The molecule has 1 radical (unpaired) electrons. The first kappa shape index (κ1) is 10.6. The zero-order valence-corrected chi connectivity index (χ0v) is 7.76. The molecule has 0 unspecified atom stereocenters. The third-order valence-electron chi connectivity index (χ3n) is 1.39. The molecule has 0 saturated heterocycles. The summed E-state index contributed by atoms with van der Waals surface area (Å²) in [6, 6.07) is 0.